The average Bonchev–Trinajstić information content (AvgIpc) is 3.02. The molecule has 2 heterocycles. The predicted molar refractivity (Wildman–Crippen MR) is 130 cm³/mol. The van der Waals surface area contributed by atoms with Gasteiger partial charge in [0.05, 0.1) is 40.9 Å². The van der Waals surface area contributed by atoms with Crippen LogP contribution in [0.15, 0.2) is 59.2 Å². The van der Waals surface area contributed by atoms with E-state index < -0.39 is 29.3 Å². The zero-order valence-electron chi connectivity index (χ0n) is 17.9. The number of carbonyl (C=O) groups is 2. The highest BCUT2D eigenvalue weighted by Crippen LogP contribution is 2.48. The van der Waals surface area contributed by atoms with Crippen molar-refractivity contribution in [2.75, 3.05) is 6.61 Å². The smallest absolute Gasteiger partial charge is 0.257 e. The van der Waals surface area contributed by atoms with Gasteiger partial charge in [-0.1, -0.05) is 58.2 Å². The van der Waals surface area contributed by atoms with Gasteiger partial charge in [-0.15, -0.1) is 0 Å². The molecule has 6 nitrogen and oxygen atoms in total. The second-order valence-corrected chi connectivity index (χ2v) is 9.72. The lowest BCUT2D eigenvalue weighted by Gasteiger charge is -2.40. The molecule has 2 aromatic carbocycles. The van der Waals surface area contributed by atoms with Gasteiger partial charge in [-0.3, -0.25) is 19.5 Å². The van der Waals surface area contributed by atoms with Gasteiger partial charge < -0.3 is 10.5 Å². The normalized spacial score (nSPS) is 18.1. The van der Waals surface area contributed by atoms with Crippen molar-refractivity contribution >= 4 is 50.9 Å². The van der Waals surface area contributed by atoms with Crippen LogP contribution < -0.4 is 5.73 Å². The summed E-state index contributed by atoms with van der Waals surface area (Å²) in [6, 6.07) is 12.7. The summed E-state index contributed by atoms with van der Waals surface area (Å²) >= 11 is 15.3. The van der Waals surface area contributed by atoms with Crippen molar-refractivity contribution in [2.24, 2.45) is 11.7 Å². The SMILES string of the molecule is C[C@@H](COC1(c2ccc(Cl)cc2)c2c(F)cc(Br)cc2C(=O)N1Cc1ccc(Cl)cn1)C(N)=O. The molecule has 2 amide bonds. The summed E-state index contributed by atoms with van der Waals surface area (Å²) in [6.45, 7) is 1.42. The monoisotopic (exact) mass is 565 g/mol. The molecule has 0 aliphatic carbocycles. The van der Waals surface area contributed by atoms with Gasteiger partial charge in [0.2, 0.25) is 5.91 Å². The Morgan fingerprint density at radius 2 is 1.88 bits per heavy atom. The van der Waals surface area contributed by atoms with E-state index >= 15 is 4.39 Å². The number of pyridine rings is 1. The Morgan fingerprint density at radius 3 is 2.50 bits per heavy atom. The molecule has 0 saturated heterocycles. The lowest BCUT2D eigenvalue weighted by molar-refractivity contribution is -0.138. The first-order valence-electron chi connectivity index (χ1n) is 10.2. The van der Waals surface area contributed by atoms with Gasteiger partial charge in [0.1, 0.15) is 5.82 Å². The number of primary amides is 1. The molecule has 0 bridgehead atoms. The molecule has 176 valence electrons. The number of nitrogens with zero attached hydrogens (tertiary/aromatic N) is 2. The minimum absolute atomic E-state index is 0.0185. The summed E-state index contributed by atoms with van der Waals surface area (Å²) in [7, 11) is 0. The minimum Gasteiger partial charge on any atom is -0.369 e. The average molecular weight is 567 g/mol. The highest BCUT2D eigenvalue weighted by Gasteiger charge is 2.54. The lowest BCUT2D eigenvalue weighted by Crippen LogP contribution is -2.48. The first kappa shape index (κ1) is 24.6. The number of halogens is 4. The highest BCUT2D eigenvalue weighted by molar-refractivity contribution is 9.10. The summed E-state index contributed by atoms with van der Waals surface area (Å²) in [5.41, 5.74) is 4.87. The first-order chi connectivity index (χ1) is 16.1. The van der Waals surface area contributed by atoms with Crippen LogP contribution in [0.3, 0.4) is 0 Å². The minimum atomic E-state index is -1.70. The van der Waals surface area contributed by atoms with E-state index in [1.807, 2.05) is 0 Å². The molecule has 1 aromatic heterocycles. The summed E-state index contributed by atoms with van der Waals surface area (Å²) in [5.74, 6) is -2.39. The van der Waals surface area contributed by atoms with Crippen LogP contribution in [-0.2, 0) is 21.8 Å². The fourth-order valence-corrected chi connectivity index (χ4v) is 4.56. The van der Waals surface area contributed by atoms with Crippen molar-refractivity contribution < 1.29 is 18.7 Å². The Balaban J connectivity index is 1.95. The van der Waals surface area contributed by atoms with Gasteiger partial charge in [0, 0.05) is 21.3 Å². The Bertz CT molecular complexity index is 1260. The summed E-state index contributed by atoms with van der Waals surface area (Å²) < 4.78 is 22.3. The van der Waals surface area contributed by atoms with Crippen molar-refractivity contribution in [3.8, 4) is 0 Å². The number of aromatic nitrogens is 1. The van der Waals surface area contributed by atoms with Gasteiger partial charge in [-0.2, -0.15) is 0 Å². The third kappa shape index (κ3) is 4.43. The molecule has 3 aromatic rings. The standard InChI is InChI=1S/C24H19BrCl2FN3O3/c1-13(22(29)32)12-34-24(14-2-4-16(26)5-3-14)21-19(8-15(25)9-20(21)28)23(33)31(24)11-18-7-6-17(27)10-30-18/h2-10,13H,11-12H2,1H3,(H2,29,32)/t13-,24?/m0/s1. The summed E-state index contributed by atoms with van der Waals surface area (Å²) in [4.78, 5) is 31.1. The van der Waals surface area contributed by atoms with Crippen LogP contribution >= 0.6 is 39.1 Å². The number of benzene rings is 2. The van der Waals surface area contributed by atoms with E-state index in [9.17, 15) is 9.59 Å². The van der Waals surface area contributed by atoms with Crippen LogP contribution in [0.4, 0.5) is 4.39 Å². The fraction of sp³-hybridized carbons (Fsp3) is 0.208. The fourth-order valence-electron chi connectivity index (χ4n) is 3.89. The molecular formula is C24H19BrCl2FN3O3. The van der Waals surface area contributed by atoms with E-state index in [0.717, 1.165) is 0 Å². The van der Waals surface area contributed by atoms with Gasteiger partial charge in [-0.05, 0) is 36.4 Å². The van der Waals surface area contributed by atoms with Crippen LogP contribution in [0.1, 0.15) is 34.1 Å². The zero-order chi connectivity index (χ0) is 24.6. The molecule has 1 aliphatic heterocycles. The highest BCUT2D eigenvalue weighted by atomic mass is 79.9. The number of fused-ring (bicyclic) bond motifs is 1. The maximum Gasteiger partial charge on any atom is 0.257 e. The molecule has 10 heteroatoms. The van der Waals surface area contributed by atoms with Crippen molar-refractivity contribution in [3.05, 3.63) is 97.4 Å². The number of amides is 2. The van der Waals surface area contributed by atoms with Crippen LogP contribution in [0.2, 0.25) is 10.0 Å². The van der Waals surface area contributed by atoms with Gasteiger partial charge in [0.15, 0.2) is 5.72 Å². The van der Waals surface area contributed by atoms with E-state index in [4.69, 9.17) is 33.7 Å². The number of hydrogen-bond donors (Lipinski definition) is 1. The molecule has 1 aliphatic rings. The Hall–Kier alpha value is -2.52. The maximum absolute atomic E-state index is 15.6. The molecule has 0 fully saturated rings. The van der Waals surface area contributed by atoms with Gasteiger partial charge in [0.25, 0.3) is 5.91 Å². The number of hydrogen-bond acceptors (Lipinski definition) is 4. The topological polar surface area (TPSA) is 85.5 Å². The molecule has 0 spiro atoms. The van der Waals surface area contributed by atoms with Crippen LogP contribution in [0.25, 0.3) is 0 Å². The van der Waals surface area contributed by atoms with Crippen molar-refractivity contribution in [1.82, 2.24) is 9.88 Å². The molecule has 4 rings (SSSR count). The van der Waals surface area contributed by atoms with Crippen molar-refractivity contribution in [1.29, 1.82) is 0 Å². The molecule has 0 radical (unpaired) electrons. The van der Waals surface area contributed by atoms with Gasteiger partial charge >= 0.3 is 0 Å². The van der Waals surface area contributed by atoms with Crippen LogP contribution in [0, 0.1) is 11.7 Å². The number of carbonyl (C=O) groups excluding carboxylic acids is 2. The third-order valence-electron chi connectivity index (χ3n) is 5.62. The Morgan fingerprint density at radius 1 is 1.21 bits per heavy atom. The largest absolute Gasteiger partial charge is 0.369 e. The van der Waals surface area contributed by atoms with E-state index in [2.05, 4.69) is 20.9 Å². The summed E-state index contributed by atoms with van der Waals surface area (Å²) in [6.07, 6.45) is 1.46. The molecule has 1 unspecified atom stereocenters. The Kier molecular flexibility index (Phi) is 6.96. The Labute approximate surface area is 213 Å². The first-order valence-corrected chi connectivity index (χ1v) is 11.8. The van der Waals surface area contributed by atoms with E-state index in [1.54, 1.807) is 49.4 Å². The third-order valence-corrected chi connectivity index (χ3v) is 6.56. The van der Waals surface area contributed by atoms with Crippen molar-refractivity contribution in [2.45, 2.75) is 19.2 Å². The molecule has 0 saturated carbocycles. The summed E-state index contributed by atoms with van der Waals surface area (Å²) in [5, 5.41) is 0.890. The van der Waals surface area contributed by atoms with Crippen molar-refractivity contribution in [3.63, 3.8) is 0 Å². The van der Waals surface area contributed by atoms with Crippen LogP contribution in [0.5, 0.6) is 0 Å². The molecule has 34 heavy (non-hydrogen) atoms. The number of ether oxygens (including phenoxy) is 1. The lowest BCUT2D eigenvalue weighted by atomic mass is 9.92. The van der Waals surface area contributed by atoms with E-state index in [-0.39, 0.29) is 24.3 Å². The number of rotatable bonds is 7. The molecule has 2 N–H and O–H groups in total. The predicted octanol–water partition coefficient (Wildman–Crippen LogP) is 5.29. The quantitative estimate of drug-likeness (QED) is 0.421. The molecular weight excluding hydrogens is 548 g/mol. The number of nitrogens with two attached hydrogens (primary N) is 1. The maximum atomic E-state index is 15.6. The second kappa shape index (κ2) is 9.62. The van der Waals surface area contributed by atoms with E-state index in [1.165, 1.54) is 17.2 Å². The van der Waals surface area contributed by atoms with Gasteiger partial charge in [-0.25, -0.2) is 4.39 Å². The van der Waals surface area contributed by atoms with E-state index in [0.29, 0.717) is 25.8 Å². The second-order valence-electron chi connectivity index (χ2n) is 7.93. The van der Waals surface area contributed by atoms with Crippen LogP contribution in [-0.4, -0.2) is 28.3 Å². The zero-order valence-corrected chi connectivity index (χ0v) is 21.0. The molecule has 2 atom stereocenters.